The fourth-order valence-electron chi connectivity index (χ4n) is 2.75. The molecule has 0 spiro atoms. The van der Waals surface area contributed by atoms with Crippen LogP contribution in [0.5, 0.6) is 0 Å². The third-order valence-corrected chi connectivity index (χ3v) is 5.80. The zero-order chi connectivity index (χ0) is 21.8. The second-order valence-corrected chi connectivity index (χ2v) is 8.49. The summed E-state index contributed by atoms with van der Waals surface area (Å²) in [7, 11) is 3.92. The summed E-state index contributed by atoms with van der Waals surface area (Å²) in [6.45, 7) is 3.82. The van der Waals surface area contributed by atoms with E-state index in [0.717, 1.165) is 17.1 Å². The smallest absolute Gasteiger partial charge is 0.234 e. The quantitative estimate of drug-likeness (QED) is 0.531. The van der Waals surface area contributed by atoms with Crippen molar-refractivity contribution in [3.63, 3.8) is 0 Å². The van der Waals surface area contributed by atoms with Gasteiger partial charge in [-0.1, -0.05) is 29.4 Å². The number of amides is 1. The molecule has 2 aromatic carbocycles. The molecule has 3 aromatic rings. The Bertz CT molecular complexity index is 1040. The molecule has 1 N–H and O–H groups in total. The van der Waals surface area contributed by atoms with Crippen molar-refractivity contribution >= 4 is 35.0 Å². The van der Waals surface area contributed by atoms with E-state index in [0.29, 0.717) is 10.2 Å². The summed E-state index contributed by atoms with van der Waals surface area (Å²) >= 11 is 7.27. The van der Waals surface area contributed by atoms with Crippen molar-refractivity contribution in [3.8, 4) is 5.69 Å². The number of aryl methyl sites for hydroxylation is 1. The SMILES string of the molecule is Cc1ccc(NC(=O)CSc2nnc(C(C)N(C)C)n2-c2ccc(Cl)cc2)c(F)c1. The van der Waals surface area contributed by atoms with Gasteiger partial charge in [-0.3, -0.25) is 14.3 Å². The fourth-order valence-corrected chi connectivity index (χ4v) is 3.63. The molecule has 1 unspecified atom stereocenters. The number of hydrogen-bond acceptors (Lipinski definition) is 5. The Balaban J connectivity index is 1.81. The van der Waals surface area contributed by atoms with Crippen molar-refractivity contribution in [1.82, 2.24) is 19.7 Å². The zero-order valence-corrected chi connectivity index (χ0v) is 18.8. The summed E-state index contributed by atoms with van der Waals surface area (Å²) in [5.74, 6) is 0.0280. The first-order chi connectivity index (χ1) is 14.3. The van der Waals surface area contributed by atoms with E-state index in [2.05, 4.69) is 15.5 Å². The molecule has 0 aliphatic rings. The number of hydrogen-bond donors (Lipinski definition) is 1. The number of carbonyl (C=O) groups excluding carboxylic acids is 1. The third-order valence-electron chi connectivity index (χ3n) is 4.62. The highest BCUT2D eigenvalue weighted by Gasteiger charge is 2.21. The average molecular weight is 448 g/mol. The maximum atomic E-state index is 14.0. The highest BCUT2D eigenvalue weighted by atomic mass is 35.5. The molecule has 0 aliphatic heterocycles. The Kier molecular flexibility index (Phi) is 7.12. The minimum atomic E-state index is -0.459. The molecule has 1 heterocycles. The van der Waals surface area contributed by atoms with Gasteiger partial charge in [-0.15, -0.1) is 10.2 Å². The molecule has 6 nitrogen and oxygen atoms in total. The monoisotopic (exact) mass is 447 g/mol. The van der Waals surface area contributed by atoms with Crippen LogP contribution >= 0.6 is 23.4 Å². The lowest BCUT2D eigenvalue weighted by molar-refractivity contribution is -0.113. The number of anilines is 1. The summed E-state index contributed by atoms with van der Waals surface area (Å²) in [6.07, 6.45) is 0. The van der Waals surface area contributed by atoms with Crippen molar-refractivity contribution in [2.45, 2.75) is 25.0 Å². The van der Waals surface area contributed by atoms with Crippen LogP contribution in [0, 0.1) is 12.7 Å². The lowest BCUT2D eigenvalue weighted by Crippen LogP contribution is -2.21. The standard InChI is InChI=1S/C21H23ClFN5OS/c1-13-5-10-18(17(23)11-13)24-19(29)12-30-21-26-25-20(14(2)27(3)4)28(21)16-8-6-15(22)7-9-16/h5-11,14H,12H2,1-4H3,(H,24,29). The van der Waals surface area contributed by atoms with Crippen LogP contribution in [-0.4, -0.2) is 45.4 Å². The molecular weight excluding hydrogens is 425 g/mol. The second-order valence-electron chi connectivity index (χ2n) is 7.11. The van der Waals surface area contributed by atoms with E-state index in [1.165, 1.54) is 17.8 Å². The molecule has 0 radical (unpaired) electrons. The molecule has 1 aromatic heterocycles. The largest absolute Gasteiger partial charge is 0.323 e. The van der Waals surface area contributed by atoms with E-state index in [1.807, 2.05) is 42.6 Å². The number of aromatic nitrogens is 3. The summed E-state index contributed by atoms with van der Waals surface area (Å²) in [6, 6.07) is 12.0. The van der Waals surface area contributed by atoms with E-state index in [-0.39, 0.29) is 23.4 Å². The molecule has 3 rings (SSSR count). The number of nitrogens with one attached hydrogen (secondary N) is 1. The van der Waals surface area contributed by atoms with Crippen LogP contribution < -0.4 is 5.32 Å². The molecular formula is C21H23ClFN5OS. The predicted octanol–water partition coefficient (Wildman–Crippen LogP) is 4.72. The topological polar surface area (TPSA) is 63.1 Å². The minimum absolute atomic E-state index is 0.00184. The summed E-state index contributed by atoms with van der Waals surface area (Å²) in [5, 5.41) is 12.4. The van der Waals surface area contributed by atoms with Crippen LogP contribution in [0.4, 0.5) is 10.1 Å². The number of rotatable bonds is 7. The zero-order valence-electron chi connectivity index (χ0n) is 17.2. The molecule has 158 valence electrons. The number of thioether (sulfide) groups is 1. The first kappa shape index (κ1) is 22.3. The van der Waals surface area contributed by atoms with Crippen molar-refractivity contribution in [2.75, 3.05) is 25.2 Å². The van der Waals surface area contributed by atoms with Gasteiger partial charge in [0, 0.05) is 10.7 Å². The highest BCUT2D eigenvalue weighted by Crippen LogP contribution is 2.27. The van der Waals surface area contributed by atoms with Crippen molar-refractivity contribution < 1.29 is 9.18 Å². The molecule has 0 bridgehead atoms. The van der Waals surface area contributed by atoms with Gasteiger partial charge in [0.2, 0.25) is 5.91 Å². The van der Waals surface area contributed by atoms with Crippen molar-refractivity contribution in [2.24, 2.45) is 0 Å². The molecule has 0 saturated heterocycles. The Morgan fingerprint density at radius 2 is 1.93 bits per heavy atom. The molecule has 0 saturated carbocycles. The van der Waals surface area contributed by atoms with Crippen LogP contribution in [0.1, 0.15) is 24.4 Å². The van der Waals surface area contributed by atoms with Crippen molar-refractivity contribution in [1.29, 1.82) is 0 Å². The first-order valence-corrected chi connectivity index (χ1v) is 10.7. The van der Waals surface area contributed by atoms with E-state index in [1.54, 1.807) is 31.2 Å². The maximum absolute atomic E-state index is 14.0. The van der Waals surface area contributed by atoms with Crippen LogP contribution in [0.15, 0.2) is 47.6 Å². The van der Waals surface area contributed by atoms with Gasteiger partial charge in [0.05, 0.1) is 17.5 Å². The number of nitrogens with zero attached hydrogens (tertiary/aromatic N) is 4. The van der Waals surface area contributed by atoms with Crippen LogP contribution in [0.25, 0.3) is 5.69 Å². The summed E-state index contributed by atoms with van der Waals surface area (Å²) in [4.78, 5) is 14.4. The molecule has 1 amide bonds. The normalized spacial score (nSPS) is 12.2. The first-order valence-electron chi connectivity index (χ1n) is 9.32. The van der Waals surface area contributed by atoms with Gasteiger partial charge in [0.1, 0.15) is 5.82 Å². The van der Waals surface area contributed by atoms with E-state index in [4.69, 9.17) is 11.6 Å². The number of carbonyl (C=O) groups is 1. The summed E-state index contributed by atoms with van der Waals surface area (Å²) in [5.41, 5.74) is 1.80. The molecule has 9 heteroatoms. The Hall–Kier alpha value is -2.42. The number of halogens is 2. The van der Waals surface area contributed by atoms with E-state index < -0.39 is 5.82 Å². The summed E-state index contributed by atoms with van der Waals surface area (Å²) < 4.78 is 15.9. The van der Waals surface area contributed by atoms with Gasteiger partial charge in [0.15, 0.2) is 11.0 Å². The van der Waals surface area contributed by atoms with Gasteiger partial charge >= 0.3 is 0 Å². The minimum Gasteiger partial charge on any atom is -0.323 e. The van der Waals surface area contributed by atoms with Crippen LogP contribution in [0.2, 0.25) is 5.02 Å². The van der Waals surface area contributed by atoms with Gasteiger partial charge < -0.3 is 5.32 Å². The number of benzene rings is 2. The molecule has 0 aliphatic carbocycles. The Morgan fingerprint density at radius 3 is 2.57 bits per heavy atom. The fraction of sp³-hybridized carbons (Fsp3) is 0.286. The molecule has 0 fully saturated rings. The third kappa shape index (κ3) is 5.19. The second kappa shape index (κ2) is 9.59. The van der Waals surface area contributed by atoms with Gasteiger partial charge in [-0.25, -0.2) is 4.39 Å². The van der Waals surface area contributed by atoms with Crippen molar-refractivity contribution in [3.05, 3.63) is 64.7 Å². The van der Waals surface area contributed by atoms with Crippen LogP contribution in [-0.2, 0) is 4.79 Å². The van der Waals surface area contributed by atoms with E-state index >= 15 is 0 Å². The lowest BCUT2D eigenvalue weighted by atomic mass is 10.2. The van der Waals surface area contributed by atoms with Gasteiger partial charge in [0.25, 0.3) is 0 Å². The lowest BCUT2D eigenvalue weighted by Gasteiger charge is -2.20. The Labute approximate surface area is 184 Å². The van der Waals surface area contributed by atoms with Gasteiger partial charge in [-0.05, 0) is 69.9 Å². The van der Waals surface area contributed by atoms with Gasteiger partial charge in [-0.2, -0.15) is 0 Å². The molecule has 1 atom stereocenters. The Morgan fingerprint density at radius 1 is 1.23 bits per heavy atom. The molecule has 30 heavy (non-hydrogen) atoms. The van der Waals surface area contributed by atoms with E-state index in [9.17, 15) is 9.18 Å². The highest BCUT2D eigenvalue weighted by molar-refractivity contribution is 7.99. The van der Waals surface area contributed by atoms with Crippen LogP contribution in [0.3, 0.4) is 0 Å². The maximum Gasteiger partial charge on any atom is 0.234 e. The predicted molar refractivity (Wildman–Crippen MR) is 119 cm³/mol. The average Bonchev–Trinajstić information content (AvgIpc) is 3.12.